The highest BCUT2D eigenvalue weighted by Gasteiger charge is 2.33. The molecule has 152 valence electrons. The number of halogens is 2. The summed E-state index contributed by atoms with van der Waals surface area (Å²) in [5, 5.41) is 6.27. The van der Waals surface area contributed by atoms with Gasteiger partial charge in [-0.15, -0.1) is 0 Å². The van der Waals surface area contributed by atoms with Gasteiger partial charge in [0.05, 0.1) is 23.2 Å². The van der Waals surface area contributed by atoms with Crippen LogP contribution in [0.15, 0.2) is 42.5 Å². The lowest BCUT2D eigenvalue weighted by Crippen LogP contribution is -2.43. The minimum absolute atomic E-state index is 0.0562. The summed E-state index contributed by atoms with van der Waals surface area (Å²) in [5.74, 6) is -1.44. The third-order valence-corrected chi connectivity index (χ3v) is 5.19. The number of nitrogens with zero attached hydrogens (tertiary/aromatic N) is 1. The Balaban J connectivity index is 1.76. The molecule has 0 fully saturated rings. The molecule has 0 bridgehead atoms. The van der Waals surface area contributed by atoms with Gasteiger partial charge in [-0.2, -0.15) is 0 Å². The third kappa shape index (κ3) is 5.08. The van der Waals surface area contributed by atoms with Gasteiger partial charge in [0.2, 0.25) is 17.7 Å². The van der Waals surface area contributed by atoms with Crippen LogP contribution in [0.4, 0.5) is 11.4 Å². The van der Waals surface area contributed by atoms with E-state index in [0.29, 0.717) is 34.4 Å². The van der Waals surface area contributed by atoms with E-state index in [-0.39, 0.29) is 30.7 Å². The van der Waals surface area contributed by atoms with Gasteiger partial charge in [-0.3, -0.25) is 14.4 Å². The first kappa shape index (κ1) is 21.1. The molecule has 1 aliphatic heterocycles. The number of carbonyl (C=O) groups is 3. The molecule has 0 aromatic heterocycles. The van der Waals surface area contributed by atoms with E-state index in [0.717, 1.165) is 5.56 Å². The number of amides is 3. The van der Waals surface area contributed by atoms with Gasteiger partial charge in [0.1, 0.15) is 0 Å². The molecule has 6 nitrogen and oxygen atoms in total. The molecular weight excluding hydrogens is 413 g/mol. The standard InChI is InChI=1S/C21H21Cl2N3O3/c1-2-9-26(12-20(28)25-18-8-7-13(22)10-16(18)23)21(29)15-11-19(27)24-17-6-4-3-5-14(15)17/h3-8,10,15H,2,9,11-12H2,1H3,(H,24,27)(H,25,28). The van der Waals surface area contributed by atoms with Gasteiger partial charge in [0.25, 0.3) is 0 Å². The van der Waals surface area contributed by atoms with Crippen LogP contribution in [0.1, 0.15) is 31.2 Å². The number of rotatable bonds is 6. The maximum Gasteiger partial charge on any atom is 0.244 e. The molecule has 0 aliphatic carbocycles. The van der Waals surface area contributed by atoms with Crippen LogP contribution in [0.3, 0.4) is 0 Å². The second-order valence-electron chi connectivity index (χ2n) is 6.82. The average molecular weight is 434 g/mol. The first-order valence-corrected chi connectivity index (χ1v) is 10.1. The van der Waals surface area contributed by atoms with E-state index in [2.05, 4.69) is 10.6 Å². The molecule has 2 aromatic rings. The number of para-hydroxylation sites is 1. The largest absolute Gasteiger partial charge is 0.333 e. The van der Waals surface area contributed by atoms with Crippen molar-refractivity contribution in [3.05, 3.63) is 58.1 Å². The van der Waals surface area contributed by atoms with E-state index in [1.165, 1.54) is 11.0 Å². The van der Waals surface area contributed by atoms with Gasteiger partial charge in [-0.1, -0.05) is 48.3 Å². The zero-order chi connectivity index (χ0) is 21.0. The van der Waals surface area contributed by atoms with Crippen molar-refractivity contribution >= 4 is 52.3 Å². The molecule has 3 amide bonds. The molecule has 1 heterocycles. The topological polar surface area (TPSA) is 78.5 Å². The highest BCUT2D eigenvalue weighted by Crippen LogP contribution is 2.33. The second-order valence-corrected chi connectivity index (χ2v) is 7.67. The minimum atomic E-state index is -0.613. The van der Waals surface area contributed by atoms with Crippen molar-refractivity contribution in [1.82, 2.24) is 4.90 Å². The molecule has 1 atom stereocenters. The van der Waals surface area contributed by atoms with Crippen molar-refractivity contribution in [1.29, 1.82) is 0 Å². The normalized spacial score (nSPS) is 15.3. The summed E-state index contributed by atoms with van der Waals surface area (Å²) >= 11 is 12.0. The molecule has 2 N–H and O–H groups in total. The lowest BCUT2D eigenvalue weighted by molar-refractivity contribution is -0.137. The van der Waals surface area contributed by atoms with E-state index in [4.69, 9.17) is 23.2 Å². The summed E-state index contributed by atoms with van der Waals surface area (Å²) in [6, 6.07) is 12.0. The fourth-order valence-electron chi connectivity index (χ4n) is 3.34. The van der Waals surface area contributed by atoms with Crippen LogP contribution < -0.4 is 10.6 Å². The second kappa shape index (κ2) is 9.29. The lowest BCUT2D eigenvalue weighted by Gasteiger charge is -2.30. The average Bonchev–Trinajstić information content (AvgIpc) is 2.68. The molecular formula is C21H21Cl2N3O3. The van der Waals surface area contributed by atoms with E-state index in [1.54, 1.807) is 24.3 Å². The fraction of sp³-hybridized carbons (Fsp3) is 0.286. The molecule has 3 rings (SSSR count). The van der Waals surface area contributed by atoms with Crippen molar-refractivity contribution in [3.8, 4) is 0 Å². The van der Waals surface area contributed by atoms with E-state index in [1.807, 2.05) is 19.1 Å². The molecule has 0 radical (unpaired) electrons. The molecule has 2 aromatic carbocycles. The zero-order valence-corrected chi connectivity index (χ0v) is 17.4. The number of anilines is 2. The highest BCUT2D eigenvalue weighted by molar-refractivity contribution is 6.36. The summed E-state index contributed by atoms with van der Waals surface area (Å²) in [6.45, 7) is 2.20. The van der Waals surface area contributed by atoms with Crippen molar-refractivity contribution in [2.24, 2.45) is 0 Å². The Morgan fingerprint density at radius 2 is 1.97 bits per heavy atom. The number of hydrogen-bond donors (Lipinski definition) is 2. The Morgan fingerprint density at radius 3 is 2.69 bits per heavy atom. The predicted molar refractivity (Wildman–Crippen MR) is 114 cm³/mol. The van der Waals surface area contributed by atoms with Gasteiger partial charge in [0, 0.05) is 23.7 Å². The first-order valence-electron chi connectivity index (χ1n) is 9.31. The SMILES string of the molecule is CCCN(CC(=O)Nc1ccc(Cl)cc1Cl)C(=O)C1CC(=O)Nc2ccccc21. The quantitative estimate of drug-likeness (QED) is 0.712. The Labute approximate surface area is 179 Å². The number of carbonyl (C=O) groups excluding carboxylic acids is 3. The Morgan fingerprint density at radius 1 is 1.21 bits per heavy atom. The molecule has 1 unspecified atom stereocenters. The molecule has 8 heteroatoms. The fourth-order valence-corrected chi connectivity index (χ4v) is 3.80. The van der Waals surface area contributed by atoms with E-state index < -0.39 is 5.92 Å². The van der Waals surface area contributed by atoms with Crippen LogP contribution in [0.25, 0.3) is 0 Å². The van der Waals surface area contributed by atoms with Crippen molar-refractivity contribution < 1.29 is 14.4 Å². The van der Waals surface area contributed by atoms with Crippen LogP contribution in [-0.4, -0.2) is 35.7 Å². The highest BCUT2D eigenvalue weighted by atomic mass is 35.5. The summed E-state index contributed by atoms with van der Waals surface area (Å²) in [6.07, 6.45) is 0.738. The molecule has 0 saturated heterocycles. The summed E-state index contributed by atoms with van der Waals surface area (Å²) < 4.78 is 0. The van der Waals surface area contributed by atoms with Gasteiger partial charge < -0.3 is 15.5 Å². The minimum Gasteiger partial charge on any atom is -0.333 e. The number of benzene rings is 2. The van der Waals surface area contributed by atoms with Gasteiger partial charge in [0.15, 0.2) is 0 Å². The van der Waals surface area contributed by atoms with Crippen LogP contribution in [0.5, 0.6) is 0 Å². The molecule has 1 aliphatic rings. The number of nitrogens with one attached hydrogen (secondary N) is 2. The van der Waals surface area contributed by atoms with Crippen LogP contribution in [0.2, 0.25) is 10.0 Å². The van der Waals surface area contributed by atoms with Gasteiger partial charge >= 0.3 is 0 Å². The Kier molecular flexibility index (Phi) is 6.77. The molecule has 0 saturated carbocycles. The lowest BCUT2D eigenvalue weighted by atomic mass is 9.89. The summed E-state index contributed by atoms with van der Waals surface area (Å²) in [5.41, 5.74) is 1.82. The monoisotopic (exact) mass is 433 g/mol. The summed E-state index contributed by atoms with van der Waals surface area (Å²) in [7, 11) is 0. The van der Waals surface area contributed by atoms with Gasteiger partial charge in [-0.05, 0) is 36.2 Å². The Hall–Kier alpha value is -2.57. The maximum atomic E-state index is 13.2. The zero-order valence-electron chi connectivity index (χ0n) is 15.9. The first-order chi connectivity index (χ1) is 13.9. The van der Waals surface area contributed by atoms with Crippen molar-refractivity contribution in [2.75, 3.05) is 23.7 Å². The van der Waals surface area contributed by atoms with Crippen LogP contribution in [-0.2, 0) is 14.4 Å². The van der Waals surface area contributed by atoms with Crippen molar-refractivity contribution in [2.45, 2.75) is 25.7 Å². The summed E-state index contributed by atoms with van der Waals surface area (Å²) in [4.78, 5) is 39.3. The van der Waals surface area contributed by atoms with E-state index >= 15 is 0 Å². The van der Waals surface area contributed by atoms with E-state index in [9.17, 15) is 14.4 Å². The number of fused-ring (bicyclic) bond motifs is 1. The maximum absolute atomic E-state index is 13.2. The van der Waals surface area contributed by atoms with Gasteiger partial charge in [-0.25, -0.2) is 0 Å². The molecule has 29 heavy (non-hydrogen) atoms. The van der Waals surface area contributed by atoms with Crippen LogP contribution in [0, 0.1) is 0 Å². The van der Waals surface area contributed by atoms with Crippen LogP contribution >= 0.6 is 23.2 Å². The third-order valence-electron chi connectivity index (χ3n) is 4.64. The van der Waals surface area contributed by atoms with Crippen molar-refractivity contribution in [3.63, 3.8) is 0 Å². The molecule has 0 spiro atoms. The predicted octanol–water partition coefficient (Wildman–Crippen LogP) is 4.30. The number of hydrogen-bond acceptors (Lipinski definition) is 3. The Bertz CT molecular complexity index is 949. The smallest absolute Gasteiger partial charge is 0.244 e.